The van der Waals surface area contributed by atoms with Gasteiger partial charge in [-0.15, -0.1) is 0 Å². The standard InChI is InChI=1S/C15H25NO4/c1-11(16-10-15(2,18)7-8-19-3)12-5-6-13(17)14(9-12)20-4/h5-6,9,11,16-18H,7-8,10H2,1-4H3. The zero-order valence-electron chi connectivity index (χ0n) is 12.6. The molecule has 20 heavy (non-hydrogen) atoms. The minimum absolute atomic E-state index is 0.0403. The molecule has 0 aromatic heterocycles. The second-order valence-corrected chi connectivity index (χ2v) is 5.27. The van der Waals surface area contributed by atoms with Crippen molar-refractivity contribution in [3.8, 4) is 11.5 Å². The number of methoxy groups -OCH3 is 2. The highest BCUT2D eigenvalue weighted by molar-refractivity contribution is 5.42. The third-order valence-corrected chi connectivity index (χ3v) is 3.34. The van der Waals surface area contributed by atoms with Gasteiger partial charge in [0, 0.05) is 32.7 Å². The normalized spacial score (nSPS) is 15.7. The SMILES string of the molecule is COCCC(C)(O)CNC(C)c1ccc(O)c(OC)c1. The Kier molecular flexibility index (Phi) is 6.26. The smallest absolute Gasteiger partial charge is 0.160 e. The Morgan fingerprint density at radius 3 is 2.65 bits per heavy atom. The Balaban J connectivity index is 2.60. The molecule has 3 N–H and O–H groups in total. The fourth-order valence-corrected chi connectivity index (χ4v) is 1.86. The minimum atomic E-state index is -0.814. The molecule has 1 aromatic carbocycles. The first-order valence-electron chi connectivity index (χ1n) is 6.71. The van der Waals surface area contributed by atoms with Crippen LogP contribution in [0.3, 0.4) is 0 Å². The molecule has 0 saturated heterocycles. The lowest BCUT2D eigenvalue weighted by atomic mass is 10.0. The zero-order chi connectivity index (χ0) is 15.2. The van der Waals surface area contributed by atoms with E-state index in [0.29, 0.717) is 25.3 Å². The summed E-state index contributed by atoms with van der Waals surface area (Å²) in [5.41, 5.74) is 0.174. The molecule has 0 radical (unpaired) electrons. The van der Waals surface area contributed by atoms with E-state index in [1.165, 1.54) is 7.11 Å². The number of phenols is 1. The van der Waals surface area contributed by atoms with Crippen LogP contribution in [0, 0.1) is 0 Å². The minimum Gasteiger partial charge on any atom is -0.504 e. The van der Waals surface area contributed by atoms with Crippen LogP contribution >= 0.6 is 0 Å². The molecule has 114 valence electrons. The number of hydrogen-bond donors (Lipinski definition) is 3. The van der Waals surface area contributed by atoms with Gasteiger partial charge in [0.25, 0.3) is 0 Å². The summed E-state index contributed by atoms with van der Waals surface area (Å²) in [5.74, 6) is 0.567. The molecule has 0 amide bonds. The van der Waals surface area contributed by atoms with E-state index in [2.05, 4.69) is 5.32 Å². The van der Waals surface area contributed by atoms with E-state index >= 15 is 0 Å². The van der Waals surface area contributed by atoms with Crippen LogP contribution in [0.15, 0.2) is 18.2 Å². The molecule has 0 spiro atoms. The molecule has 0 aliphatic rings. The maximum Gasteiger partial charge on any atom is 0.160 e. The first kappa shape index (κ1) is 16.8. The second-order valence-electron chi connectivity index (χ2n) is 5.27. The number of aliphatic hydroxyl groups is 1. The predicted molar refractivity (Wildman–Crippen MR) is 78.2 cm³/mol. The van der Waals surface area contributed by atoms with Crippen LogP contribution in [0.4, 0.5) is 0 Å². The van der Waals surface area contributed by atoms with Crippen molar-refractivity contribution < 1.29 is 19.7 Å². The largest absolute Gasteiger partial charge is 0.504 e. The number of hydrogen-bond acceptors (Lipinski definition) is 5. The highest BCUT2D eigenvalue weighted by atomic mass is 16.5. The van der Waals surface area contributed by atoms with Gasteiger partial charge in [0.15, 0.2) is 11.5 Å². The molecular weight excluding hydrogens is 258 g/mol. The van der Waals surface area contributed by atoms with Crippen LogP contribution in [0.25, 0.3) is 0 Å². The summed E-state index contributed by atoms with van der Waals surface area (Å²) in [7, 11) is 3.14. The summed E-state index contributed by atoms with van der Waals surface area (Å²) < 4.78 is 10.1. The molecular formula is C15H25NO4. The molecule has 5 nitrogen and oxygen atoms in total. The van der Waals surface area contributed by atoms with Gasteiger partial charge < -0.3 is 25.0 Å². The van der Waals surface area contributed by atoms with Crippen LogP contribution in [-0.4, -0.2) is 43.2 Å². The Hall–Kier alpha value is -1.30. The van der Waals surface area contributed by atoms with Gasteiger partial charge in [-0.2, -0.15) is 0 Å². The second kappa shape index (κ2) is 7.47. The van der Waals surface area contributed by atoms with Gasteiger partial charge in [0.2, 0.25) is 0 Å². The van der Waals surface area contributed by atoms with Crippen molar-refractivity contribution in [1.29, 1.82) is 0 Å². The molecule has 0 heterocycles. The van der Waals surface area contributed by atoms with Crippen molar-refractivity contribution in [2.75, 3.05) is 27.4 Å². The number of phenolic OH excluding ortho intramolecular Hbond substituents is 1. The summed E-state index contributed by atoms with van der Waals surface area (Å²) in [5, 5.41) is 23.0. The number of rotatable bonds is 8. The lowest BCUT2D eigenvalue weighted by Gasteiger charge is -2.26. The Labute approximate surface area is 120 Å². The van der Waals surface area contributed by atoms with Gasteiger partial charge in [-0.25, -0.2) is 0 Å². The monoisotopic (exact) mass is 283 g/mol. The van der Waals surface area contributed by atoms with E-state index in [0.717, 1.165) is 5.56 Å². The third kappa shape index (κ3) is 5.00. The van der Waals surface area contributed by atoms with Crippen LogP contribution in [0.1, 0.15) is 31.9 Å². The summed E-state index contributed by atoms with van der Waals surface area (Å²) in [4.78, 5) is 0. The number of aromatic hydroxyl groups is 1. The van der Waals surface area contributed by atoms with Crippen molar-refractivity contribution >= 4 is 0 Å². The fourth-order valence-electron chi connectivity index (χ4n) is 1.86. The Morgan fingerprint density at radius 1 is 1.35 bits per heavy atom. The van der Waals surface area contributed by atoms with Crippen LogP contribution in [0.2, 0.25) is 0 Å². The average Bonchev–Trinajstić information content (AvgIpc) is 2.43. The molecule has 0 saturated carbocycles. The first-order valence-corrected chi connectivity index (χ1v) is 6.71. The average molecular weight is 283 g/mol. The fraction of sp³-hybridized carbons (Fsp3) is 0.600. The van der Waals surface area contributed by atoms with E-state index in [4.69, 9.17) is 9.47 Å². The maximum atomic E-state index is 10.2. The lowest BCUT2D eigenvalue weighted by molar-refractivity contribution is 0.0231. The zero-order valence-corrected chi connectivity index (χ0v) is 12.6. The Morgan fingerprint density at radius 2 is 2.05 bits per heavy atom. The van der Waals surface area contributed by atoms with Crippen molar-refractivity contribution in [3.05, 3.63) is 23.8 Å². The molecule has 0 aliphatic carbocycles. The van der Waals surface area contributed by atoms with Gasteiger partial charge in [0.1, 0.15) is 0 Å². The van der Waals surface area contributed by atoms with Crippen LogP contribution in [0.5, 0.6) is 11.5 Å². The molecule has 1 aromatic rings. The van der Waals surface area contributed by atoms with E-state index in [9.17, 15) is 10.2 Å². The lowest BCUT2D eigenvalue weighted by Crippen LogP contribution is -2.39. The number of benzene rings is 1. The molecule has 2 atom stereocenters. The number of nitrogens with one attached hydrogen (secondary N) is 1. The molecule has 5 heteroatoms. The summed E-state index contributed by atoms with van der Waals surface area (Å²) in [6.07, 6.45) is 0.572. The molecule has 0 fully saturated rings. The highest BCUT2D eigenvalue weighted by Gasteiger charge is 2.21. The number of ether oxygens (including phenoxy) is 2. The first-order chi connectivity index (χ1) is 9.39. The van der Waals surface area contributed by atoms with Gasteiger partial charge in [-0.3, -0.25) is 0 Å². The van der Waals surface area contributed by atoms with Crippen molar-refractivity contribution in [2.45, 2.75) is 31.9 Å². The van der Waals surface area contributed by atoms with Crippen LogP contribution < -0.4 is 10.1 Å². The maximum absolute atomic E-state index is 10.2. The van der Waals surface area contributed by atoms with Crippen molar-refractivity contribution in [2.24, 2.45) is 0 Å². The van der Waals surface area contributed by atoms with Gasteiger partial charge in [0.05, 0.1) is 12.7 Å². The van der Waals surface area contributed by atoms with Gasteiger partial charge >= 0.3 is 0 Å². The van der Waals surface area contributed by atoms with Crippen LogP contribution in [-0.2, 0) is 4.74 Å². The van der Waals surface area contributed by atoms with E-state index in [1.54, 1.807) is 26.2 Å². The molecule has 0 bridgehead atoms. The molecule has 2 unspecified atom stereocenters. The molecule has 0 aliphatic heterocycles. The Bertz CT molecular complexity index is 420. The predicted octanol–water partition coefficient (Wildman–Crippen LogP) is 1.84. The third-order valence-electron chi connectivity index (χ3n) is 3.34. The van der Waals surface area contributed by atoms with E-state index < -0.39 is 5.60 Å². The summed E-state index contributed by atoms with van der Waals surface area (Å²) in [6.45, 7) is 4.76. The van der Waals surface area contributed by atoms with Gasteiger partial charge in [-0.1, -0.05) is 6.07 Å². The molecule has 1 rings (SSSR count). The quantitative estimate of drug-likeness (QED) is 0.679. The van der Waals surface area contributed by atoms with E-state index in [-0.39, 0.29) is 11.8 Å². The summed E-state index contributed by atoms with van der Waals surface area (Å²) in [6, 6.07) is 5.27. The van der Waals surface area contributed by atoms with Crippen molar-refractivity contribution in [1.82, 2.24) is 5.32 Å². The highest BCUT2D eigenvalue weighted by Crippen LogP contribution is 2.28. The van der Waals surface area contributed by atoms with E-state index in [1.807, 2.05) is 13.0 Å². The summed E-state index contributed by atoms with van der Waals surface area (Å²) >= 11 is 0. The topological polar surface area (TPSA) is 71.0 Å². The van der Waals surface area contributed by atoms with Gasteiger partial charge in [-0.05, 0) is 31.5 Å². The van der Waals surface area contributed by atoms with Crippen molar-refractivity contribution in [3.63, 3.8) is 0 Å².